The number of hydrogen-bond donors (Lipinski definition) is 1. The molecule has 1 atom stereocenters. The average Bonchev–Trinajstić information content (AvgIpc) is 2.58. The highest BCUT2D eigenvalue weighted by molar-refractivity contribution is 7.49. The molecule has 6 heteroatoms. The molecule has 0 fully saturated rings. The van der Waals surface area contributed by atoms with E-state index in [2.05, 4.69) is 6.58 Å². The number of para-hydroxylation sites is 1. The van der Waals surface area contributed by atoms with Gasteiger partial charge in [0.1, 0.15) is 23.0 Å². The predicted octanol–water partition coefficient (Wildman–Crippen LogP) is 6.46. The molecule has 27 heavy (non-hydrogen) atoms. The average molecular weight is 388 g/mol. The number of rotatable bonds is 7. The lowest BCUT2D eigenvalue weighted by atomic mass is 10.1. The van der Waals surface area contributed by atoms with Crippen molar-refractivity contribution in [3.63, 3.8) is 0 Å². The molecule has 1 N–H and O–H groups in total. The lowest BCUT2D eigenvalue weighted by molar-refractivity contribution is 0.257. The summed E-state index contributed by atoms with van der Waals surface area (Å²) in [5.74, 6) is 1.12. The van der Waals surface area contributed by atoms with Crippen LogP contribution in [0.5, 0.6) is 17.2 Å². The molecule has 5 nitrogen and oxygen atoms in total. The summed E-state index contributed by atoms with van der Waals surface area (Å²) >= 11 is 0. The fraction of sp³-hybridized carbons (Fsp3) is 0.238. The van der Waals surface area contributed by atoms with Crippen molar-refractivity contribution in [2.24, 2.45) is 0 Å². The van der Waals surface area contributed by atoms with Crippen molar-refractivity contribution in [3.8, 4) is 17.2 Å². The molecule has 0 aromatic heterocycles. The molecule has 0 amide bonds. The second-order valence-corrected chi connectivity index (χ2v) is 7.99. The molecular formula is C21H25O5P. The Labute approximate surface area is 160 Å². The van der Waals surface area contributed by atoms with Gasteiger partial charge in [0.15, 0.2) is 0 Å². The van der Waals surface area contributed by atoms with Gasteiger partial charge in [-0.15, -0.1) is 0 Å². The van der Waals surface area contributed by atoms with Crippen LogP contribution < -0.4 is 9.05 Å². The van der Waals surface area contributed by atoms with Gasteiger partial charge in [-0.1, -0.05) is 24.8 Å². The first-order valence-corrected chi connectivity index (χ1v) is 9.95. The standard InChI is InChI=1S/C21H25O5P/c1-14(2)20(15(3)4)25-27(23,24-19-12-10-18(22)11-13-19)26-21-16(5)8-7-9-17(21)6/h7-13,22H,1H2,2-6H3. The number of aromatic hydroxyl groups is 1. The number of hydrogen-bond acceptors (Lipinski definition) is 5. The van der Waals surface area contributed by atoms with Crippen LogP contribution in [0.4, 0.5) is 0 Å². The van der Waals surface area contributed by atoms with E-state index < -0.39 is 7.82 Å². The van der Waals surface area contributed by atoms with Gasteiger partial charge >= 0.3 is 7.82 Å². The van der Waals surface area contributed by atoms with Gasteiger partial charge in [-0.3, -0.25) is 0 Å². The van der Waals surface area contributed by atoms with Gasteiger partial charge in [-0.25, -0.2) is 0 Å². The van der Waals surface area contributed by atoms with E-state index in [-0.39, 0.29) is 11.5 Å². The highest BCUT2D eigenvalue weighted by Gasteiger charge is 2.35. The SMILES string of the molecule is C=C(C)C(OP(=O)(Oc1ccc(O)cc1)Oc1c(C)cccc1C)=C(C)C. The lowest BCUT2D eigenvalue weighted by Crippen LogP contribution is -2.08. The maximum atomic E-state index is 13.6. The van der Waals surface area contributed by atoms with Crippen molar-refractivity contribution in [2.75, 3.05) is 0 Å². The lowest BCUT2D eigenvalue weighted by Gasteiger charge is -2.23. The van der Waals surface area contributed by atoms with Gasteiger partial charge in [0.05, 0.1) is 0 Å². The Bertz CT molecular complexity index is 888. The topological polar surface area (TPSA) is 65.0 Å². The third kappa shape index (κ3) is 5.41. The number of aryl methyl sites for hydroxylation is 2. The minimum Gasteiger partial charge on any atom is -0.508 e. The zero-order chi connectivity index (χ0) is 20.2. The Morgan fingerprint density at radius 2 is 1.52 bits per heavy atom. The maximum absolute atomic E-state index is 13.6. The van der Waals surface area contributed by atoms with Gasteiger partial charge in [-0.05, 0) is 81.2 Å². The minimum atomic E-state index is -4.10. The van der Waals surface area contributed by atoms with Gasteiger partial charge in [-0.2, -0.15) is 4.57 Å². The summed E-state index contributed by atoms with van der Waals surface area (Å²) in [5.41, 5.74) is 3.01. The summed E-state index contributed by atoms with van der Waals surface area (Å²) in [6.45, 7) is 13.0. The van der Waals surface area contributed by atoms with E-state index in [1.807, 2.05) is 45.9 Å². The molecule has 0 saturated carbocycles. The van der Waals surface area contributed by atoms with E-state index in [1.165, 1.54) is 24.3 Å². The van der Waals surface area contributed by atoms with Crippen molar-refractivity contribution in [2.45, 2.75) is 34.6 Å². The molecule has 0 aliphatic rings. The number of benzene rings is 2. The first-order chi connectivity index (χ1) is 12.6. The normalized spacial score (nSPS) is 12.6. The van der Waals surface area contributed by atoms with E-state index in [0.717, 1.165) is 16.7 Å². The smallest absolute Gasteiger partial charge is 0.508 e. The quantitative estimate of drug-likeness (QED) is 0.335. The summed E-state index contributed by atoms with van der Waals surface area (Å²) in [6, 6.07) is 11.4. The molecule has 0 saturated heterocycles. The molecule has 0 bridgehead atoms. The summed E-state index contributed by atoms with van der Waals surface area (Å²) in [5, 5.41) is 9.45. The largest absolute Gasteiger partial charge is 0.647 e. The van der Waals surface area contributed by atoms with Crippen LogP contribution in [0, 0.1) is 13.8 Å². The minimum absolute atomic E-state index is 0.0701. The Kier molecular flexibility index (Phi) is 6.40. The molecule has 0 radical (unpaired) electrons. The molecule has 0 aliphatic heterocycles. The molecule has 2 aromatic carbocycles. The van der Waals surface area contributed by atoms with E-state index in [9.17, 15) is 9.67 Å². The highest BCUT2D eigenvalue weighted by Crippen LogP contribution is 2.53. The number of phenolic OH excluding ortho intramolecular Hbond substituents is 1. The second-order valence-electron chi connectivity index (χ2n) is 6.55. The van der Waals surface area contributed by atoms with Crippen LogP contribution in [-0.4, -0.2) is 5.11 Å². The highest BCUT2D eigenvalue weighted by atomic mass is 31.2. The van der Waals surface area contributed by atoms with Gasteiger partial charge in [0.2, 0.25) is 0 Å². The molecule has 2 aromatic rings. The molecule has 0 heterocycles. The Morgan fingerprint density at radius 3 is 2.00 bits per heavy atom. The van der Waals surface area contributed by atoms with Crippen LogP contribution in [0.1, 0.15) is 31.9 Å². The van der Waals surface area contributed by atoms with E-state index in [4.69, 9.17) is 13.6 Å². The van der Waals surface area contributed by atoms with E-state index >= 15 is 0 Å². The fourth-order valence-corrected chi connectivity index (χ4v) is 4.02. The summed E-state index contributed by atoms with van der Waals surface area (Å²) in [7, 11) is -4.10. The third-order valence-electron chi connectivity index (χ3n) is 3.71. The molecule has 2 rings (SSSR count). The summed E-state index contributed by atoms with van der Waals surface area (Å²) in [6.07, 6.45) is 0. The Morgan fingerprint density at radius 1 is 0.963 bits per heavy atom. The van der Waals surface area contributed by atoms with Crippen LogP contribution in [0.3, 0.4) is 0 Å². The summed E-state index contributed by atoms with van der Waals surface area (Å²) in [4.78, 5) is 0. The molecular weight excluding hydrogens is 363 g/mol. The predicted molar refractivity (Wildman–Crippen MR) is 107 cm³/mol. The molecule has 0 spiro atoms. The zero-order valence-electron chi connectivity index (χ0n) is 16.3. The number of phosphoric ester groups is 1. The van der Waals surface area contributed by atoms with E-state index in [0.29, 0.717) is 17.1 Å². The number of phenols is 1. The van der Waals surface area contributed by atoms with Gasteiger partial charge < -0.3 is 18.7 Å². The van der Waals surface area contributed by atoms with Gasteiger partial charge in [0.25, 0.3) is 0 Å². The first kappa shape index (κ1) is 20.7. The van der Waals surface area contributed by atoms with Crippen LogP contribution in [-0.2, 0) is 9.09 Å². The van der Waals surface area contributed by atoms with Crippen LogP contribution in [0.2, 0.25) is 0 Å². The molecule has 144 valence electrons. The number of phosphoric acid groups is 1. The van der Waals surface area contributed by atoms with Crippen LogP contribution >= 0.6 is 7.82 Å². The van der Waals surface area contributed by atoms with Gasteiger partial charge in [0, 0.05) is 0 Å². The monoisotopic (exact) mass is 388 g/mol. The number of allylic oxidation sites excluding steroid dienone is 2. The Balaban J connectivity index is 2.47. The van der Waals surface area contributed by atoms with Crippen molar-refractivity contribution >= 4 is 7.82 Å². The maximum Gasteiger partial charge on any atom is 0.647 e. The Hall–Kier alpha value is -2.65. The third-order valence-corrected chi connectivity index (χ3v) is 4.96. The van der Waals surface area contributed by atoms with Crippen LogP contribution in [0.25, 0.3) is 0 Å². The zero-order valence-corrected chi connectivity index (χ0v) is 17.2. The van der Waals surface area contributed by atoms with E-state index in [1.54, 1.807) is 6.92 Å². The van der Waals surface area contributed by atoms with Crippen molar-refractivity contribution in [1.82, 2.24) is 0 Å². The fourth-order valence-electron chi connectivity index (χ4n) is 2.45. The van der Waals surface area contributed by atoms with Crippen molar-refractivity contribution < 1.29 is 23.2 Å². The first-order valence-electron chi connectivity index (χ1n) is 8.49. The van der Waals surface area contributed by atoms with Crippen molar-refractivity contribution in [3.05, 3.63) is 77.1 Å². The summed E-state index contributed by atoms with van der Waals surface area (Å²) < 4.78 is 30.7. The van der Waals surface area contributed by atoms with Crippen LogP contribution in [0.15, 0.2) is 65.9 Å². The van der Waals surface area contributed by atoms with Crippen molar-refractivity contribution in [1.29, 1.82) is 0 Å². The molecule has 0 aliphatic carbocycles. The molecule has 1 unspecified atom stereocenters. The second kappa shape index (κ2) is 8.36.